The quantitative estimate of drug-likeness (QED) is 0.617. The molecule has 0 radical (unpaired) electrons. The Balaban J connectivity index is 1.32. The fourth-order valence-electron chi connectivity index (χ4n) is 4.15. The molecule has 0 atom stereocenters. The lowest BCUT2D eigenvalue weighted by Crippen LogP contribution is -2.42. The SMILES string of the molecule is Cn1c(=O)n(CCC(=O)N2CCC(C(=O)Nc3ccccc3O)CC2)c2ccccc21. The summed E-state index contributed by atoms with van der Waals surface area (Å²) in [4.78, 5) is 39.5. The van der Waals surface area contributed by atoms with Crippen LogP contribution in [0.5, 0.6) is 5.75 Å². The summed E-state index contributed by atoms with van der Waals surface area (Å²) >= 11 is 0. The van der Waals surface area contributed by atoms with E-state index in [-0.39, 0.29) is 35.6 Å². The van der Waals surface area contributed by atoms with Crippen LogP contribution in [0.1, 0.15) is 19.3 Å². The van der Waals surface area contributed by atoms with Crippen LogP contribution in [0.3, 0.4) is 0 Å². The summed E-state index contributed by atoms with van der Waals surface area (Å²) < 4.78 is 3.23. The number of imidazole rings is 1. The molecule has 162 valence electrons. The number of phenolic OH excluding ortho intramolecular Hbond substituents is 1. The van der Waals surface area contributed by atoms with Gasteiger partial charge in [-0.2, -0.15) is 0 Å². The first-order valence-electron chi connectivity index (χ1n) is 10.5. The smallest absolute Gasteiger partial charge is 0.328 e. The Hall–Kier alpha value is -3.55. The van der Waals surface area contributed by atoms with Gasteiger partial charge >= 0.3 is 5.69 Å². The highest BCUT2D eigenvalue weighted by atomic mass is 16.3. The minimum atomic E-state index is -0.204. The number of anilines is 1. The van der Waals surface area contributed by atoms with Crippen LogP contribution in [-0.2, 0) is 23.2 Å². The van der Waals surface area contributed by atoms with Crippen molar-refractivity contribution in [3.8, 4) is 5.75 Å². The summed E-state index contributed by atoms with van der Waals surface area (Å²) in [5.74, 6) is -0.327. The number of phenols is 1. The molecule has 0 unspecified atom stereocenters. The number of piperidine rings is 1. The normalized spacial score (nSPS) is 14.7. The van der Waals surface area contributed by atoms with E-state index in [4.69, 9.17) is 0 Å². The third-order valence-electron chi connectivity index (χ3n) is 5.98. The molecule has 8 nitrogen and oxygen atoms in total. The molecule has 3 aromatic rings. The molecule has 1 aromatic heterocycles. The zero-order valence-corrected chi connectivity index (χ0v) is 17.5. The molecule has 1 saturated heterocycles. The molecular formula is C23H26N4O4. The van der Waals surface area contributed by atoms with Crippen LogP contribution in [0.4, 0.5) is 5.69 Å². The number of aromatic nitrogens is 2. The van der Waals surface area contributed by atoms with Gasteiger partial charge in [-0.05, 0) is 37.1 Å². The number of nitrogens with zero attached hydrogens (tertiary/aromatic N) is 3. The van der Waals surface area contributed by atoms with Crippen molar-refractivity contribution in [2.45, 2.75) is 25.8 Å². The van der Waals surface area contributed by atoms with Crippen LogP contribution in [0.25, 0.3) is 11.0 Å². The van der Waals surface area contributed by atoms with Gasteiger partial charge in [-0.15, -0.1) is 0 Å². The van der Waals surface area contributed by atoms with Crippen molar-refractivity contribution in [3.63, 3.8) is 0 Å². The monoisotopic (exact) mass is 422 g/mol. The molecule has 8 heteroatoms. The third kappa shape index (κ3) is 4.19. The van der Waals surface area contributed by atoms with E-state index in [9.17, 15) is 19.5 Å². The van der Waals surface area contributed by atoms with Crippen molar-refractivity contribution in [2.24, 2.45) is 13.0 Å². The molecule has 0 saturated carbocycles. The number of likely N-dealkylation sites (tertiary alicyclic amines) is 1. The second kappa shape index (κ2) is 8.67. The van der Waals surface area contributed by atoms with Crippen molar-refractivity contribution in [1.82, 2.24) is 14.0 Å². The summed E-state index contributed by atoms with van der Waals surface area (Å²) in [6.45, 7) is 1.33. The summed E-state index contributed by atoms with van der Waals surface area (Å²) in [5, 5.41) is 12.6. The lowest BCUT2D eigenvalue weighted by Gasteiger charge is -2.31. The van der Waals surface area contributed by atoms with Crippen LogP contribution in [0.2, 0.25) is 0 Å². The van der Waals surface area contributed by atoms with Gasteiger partial charge in [-0.1, -0.05) is 24.3 Å². The molecule has 1 aliphatic rings. The largest absolute Gasteiger partial charge is 0.506 e. The summed E-state index contributed by atoms with van der Waals surface area (Å²) in [6.07, 6.45) is 1.38. The molecule has 2 aromatic carbocycles. The number of nitrogens with one attached hydrogen (secondary N) is 1. The van der Waals surface area contributed by atoms with Gasteiger partial charge in [0.05, 0.1) is 16.7 Å². The molecule has 4 rings (SSSR count). The number of aromatic hydroxyl groups is 1. The molecule has 31 heavy (non-hydrogen) atoms. The fraction of sp³-hybridized carbons (Fsp3) is 0.348. The Bertz CT molecular complexity index is 1170. The Kier molecular flexibility index (Phi) is 5.79. The molecule has 2 N–H and O–H groups in total. The minimum Gasteiger partial charge on any atom is -0.506 e. The van der Waals surface area contributed by atoms with Gasteiger partial charge in [0.15, 0.2) is 0 Å². The molecule has 2 heterocycles. The Labute approximate surface area is 179 Å². The van der Waals surface area contributed by atoms with Gasteiger partial charge < -0.3 is 15.3 Å². The van der Waals surface area contributed by atoms with Gasteiger partial charge in [-0.25, -0.2) is 4.79 Å². The Morgan fingerprint density at radius 2 is 1.68 bits per heavy atom. The first kappa shape index (κ1) is 20.7. The molecular weight excluding hydrogens is 396 g/mol. The predicted molar refractivity (Wildman–Crippen MR) is 118 cm³/mol. The van der Waals surface area contributed by atoms with E-state index < -0.39 is 0 Å². The number of para-hydroxylation sites is 4. The summed E-state index contributed by atoms with van der Waals surface area (Å²) in [7, 11) is 1.73. The van der Waals surface area contributed by atoms with E-state index >= 15 is 0 Å². The maximum atomic E-state index is 12.7. The Morgan fingerprint density at radius 3 is 2.39 bits per heavy atom. The van der Waals surface area contributed by atoms with E-state index in [2.05, 4.69) is 5.32 Å². The maximum Gasteiger partial charge on any atom is 0.328 e. The fourth-order valence-corrected chi connectivity index (χ4v) is 4.15. The number of amides is 2. The minimum absolute atomic E-state index is 0.0144. The van der Waals surface area contributed by atoms with Crippen LogP contribution in [0.15, 0.2) is 53.3 Å². The number of carbonyl (C=O) groups excluding carboxylic acids is 2. The van der Waals surface area contributed by atoms with Crippen molar-refractivity contribution < 1.29 is 14.7 Å². The molecule has 1 fully saturated rings. The summed E-state index contributed by atoms with van der Waals surface area (Å²) in [5.41, 5.74) is 1.93. The third-order valence-corrected chi connectivity index (χ3v) is 5.98. The standard InChI is InChI=1S/C23H26N4O4/c1-25-18-7-3-4-8-19(18)27(23(25)31)15-12-21(29)26-13-10-16(11-14-26)22(30)24-17-6-2-5-9-20(17)28/h2-9,16,28H,10-15H2,1H3,(H,24,30). The average molecular weight is 422 g/mol. The van der Waals surface area contributed by atoms with Gasteiger partial charge in [0.1, 0.15) is 5.75 Å². The van der Waals surface area contributed by atoms with Crippen LogP contribution in [-0.4, -0.2) is 44.0 Å². The van der Waals surface area contributed by atoms with Gasteiger partial charge in [-0.3, -0.25) is 18.7 Å². The lowest BCUT2D eigenvalue weighted by atomic mass is 9.95. The first-order valence-corrected chi connectivity index (χ1v) is 10.5. The highest BCUT2D eigenvalue weighted by Crippen LogP contribution is 2.25. The highest BCUT2D eigenvalue weighted by Gasteiger charge is 2.27. The number of benzene rings is 2. The van der Waals surface area contributed by atoms with Crippen molar-refractivity contribution in [3.05, 3.63) is 59.0 Å². The average Bonchev–Trinajstić information content (AvgIpc) is 3.03. The van der Waals surface area contributed by atoms with Gasteiger partial charge in [0.2, 0.25) is 11.8 Å². The van der Waals surface area contributed by atoms with Crippen molar-refractivity contribution >= 4 is 28.5 Å². The van der Waals surface area contributed by atoms with Crippen LogP contribution in [0, 0.1) is 5.92 Å². The molecule has 0 spiro atoms. The molecule has 0 aliphatic carbocycles. The van der Waals surface area contributed by atoms with Crippen LogP contribution < -0.4 is 11.0 Å². The lowest BCUT2D eigenvalue weighted by molar-refractivity contribution is -0.134. The van der Waals surface area contributed by atoms with E-state index in [1.165, 1.54) is 6.07 Å². The van der Waals surface area contributed by atoms with Crippen LogP contribution >= 0.6 is 0 Å². The number of carbonyl (C=O) groups is 2. The van der Waals surface area contributed by atoms with Gasteiger partial charge in [0, 0.05) is 39.0 Å². The second-order valence-electron chi connectivity index (χ2n) is 7.89. The molecule has 1 aliphatic heterocycles. The Morgan fingerprint density at radius 1 is 1.03 bits per heavy atom. The first-order chi connectivity index (χ1) is 15.0. The maximum absolute atomic E-state index is 12.7. The zero-order valence-electron chi connectivity index (χ0n) is 17.5. The number of hydrogen-bond donors (Lipinski definition) is 2. The number of aryl methyl sites for hydroxylation is 2. The zero-order chi connectivity index (χ0) is 22.0. The van der Waals surface area contributed by atoms with E-state index in [1.54, 1.807) is 39.3 Å². The van der Waals surface area contributed by atoms with E-state index in [0.29, 0.717) is 38.2 Å². The second-order valence-corrected chi connectivity index (χ2v) is 7.89. The number of hydrogen-bond acceptors (Lipinski definition) is 4. The number of rotatable bonds is 5. The highest BCUT2D eigenvalue weighted by molar-refractivity contribution is 5.94. The molecule has 2 amide bonds. The van der Waals surface area contributed by atoms with Crippen molar-refractivity contribution in [1.29, 1.82) is 0 Å². The van der Waals surface area contributed by atoms with E-state index in [1.807, 2.05) is 24.3 Å². The van der Waals surface area contributed by atoms with E-state index in [0.717, 1.165) is 11.0 Å². The van der Waals surface area contributed by atoms with Crippen molar-refractivity contribution in [2.75, 3.05) is 18.4 Å². The topological polar surface area (TPSA) is 96.6 Å². The number of fused-ring (bicyclic) bond motifs is 1. The van der Waals surface area contributed by atoms with Gasteiger partial charge in [0.25, 0.3) is 0 Å². The molecule has 0 bridgehead atoms. The predicted octanol–water partition coefficient (Wildman–Crippen LogP) is 2.31. The summed E-state index contributed by atoms with van der Waals surface area (Å²) in [6, 6.07) is 14.2.